The Labute approximate surface area is 196 Å². The maximum Gasteiger partial charge on any atom is 0.193 e. The summed E-state index contributed by atoms with van der Waals surface area (Å²) in [6.07, 6.45) is 0.753. The number of ketones is 1. The van der Waals surface area contributed by atoms with E-state index in [1.54, 1.807) is 36.4 Å². The molecule has 0 saturated carbocycles. The van der Waals surface area contributed by atoms with Crippen molar-refractivity contribution < 1.29 is 19.1 Å². The van der Waals surface area contributed by atoms with Gasteiger partial charge in [0, 0.05) is 11.1 Å². The standard InChI is InChI=1S/C29H32O4/c1-19-16-26(22(18-30)17-25(19)33-29(5,6)7)32-24-14-10-21(11-15-24)27(31)20-8-12-23(13-9-20)28(2,3)4/h8-18H,1-7H3. The van der Waals surface area contributed by atoms with E-state index in [2.05, 4.69) is 20.8 Å². The minimum atomic E-state index is -0.372. The maximum atomic E-state index is 12.9. The summed E-state index contributed by atoms with van der Waals surface area (Å²) in [7, 11) is 0. The lowest BCUT2D eigenvalue weighted by Crippen LogP contribution is -2.23. The fourth-order valence-corrected chi connectivity index (χ4v) is 3.39. The fraction of sp³-hybridized carbons (Fsp3) is 0.310. The highest BCUT2D eigenvalue weighted by Crippen LogP contribution is 2.33. The largest absolute Gasteiger partial charge is 0.488 e. The topological polar surface area (TPSA) is 52.6 Å². The average molecular weight is 445 g/mol. The molecule has 4 nitrogen and oxygen atoms in total. The van der Waals surface area contributed by atoms with Crippen LogP contribution in [0.25, 0.3) is 0 Å². The molecule has 0 N–H and O–H groups in total. The second-order valence-corrected chi connectivity index (χ2v) is 10.3. The highest BCUT2D eigenvalue weighted by atomic mass is 16.5. The van der Waals surface area contributed by atoms with Crippen molar-refractivity contribution in [3.63, 3.8) is 0 Å². The van der Waals surface area contributed by atoms with Crippen molar-refractivity contribution in [2.75, 3.05) is 0 Å². The first-order valence-corrected chi connectivity index (χ1v) is 11.1. The Bertz CT molecular complexity index is 1140. The Hall–Kier alpha value is -3.40. The molecule has 172 valence electrons. The molecule has 3 rings (SSSR count). The molecular formula is C29H32O4. The van der Waals surface area contributed by atoms with Gasteiger partial charge in [-0.15, -0.1) is 0 Å². The zero-order valence-electron chi connectivity index (χ0n) is 20.5. The minimum Gasteiger partial charge on any atom is -0.488 e. The third-order valence-electron chi connectivity index (χ3n) is 5.21. The minimum absolute atomic E-state index is 0.0381. The van der Waals surface area contributed by atoms with Gasteiger partial charge in [0.15, 0.2) is 12.1 Å². The zero-order valence-corrected chi connectivity index (χ0v) is 20.5. The van der Waals surface area contributed by atoms with Crippen LogP contribution in [0.15, 0.2) is 60.7 Å². The highest BCUT2D eigenvalue weighted by Gasteiger charge is 2.18. The molecule has 0 amide bonds. The number of benzene rings is 3. The summed E-state index contributed by atoms with van der Waals surface area (Å²) < 4.78 is 11.9. The van der Waals surface area contributed by atoms with Gasteiger partial charge in [0.05, 0.1) is 5.56 Å². The van der Waals surface area contributed by atoms with E-state index < -0.39 is 0 Å². The van der Waals surface area contributed by atoms with E-state index >= 15 is 0 Å². The first-order valence-electron chi connectivity index (χ1n) is 11.1. The smallest absolute Gasteiger partial charge is 0.193 e. The average Bonchev–Trinajstić information content (AvgIpc) is 2.74. The monoisotopic (exact) mass is 444 g/mol. The summed E-state index contributed by atoms with van der Waals surface area (Å²) in [5, 5.41) is 0. The number of hydrogen-bond donors (Lipinski definition) is 0. The van der Waals surface area contributed by atoms with Gasteiger partial charge >= 0.3 is 0 Å². The van der Waals surface area contributed by atoms with Crippen LogP contribution in [0.2, 0.25) is 0 Å². The molecule has 0 saturated heterocycles. The van der Waals surface area contributed by atoms with Gasteiger partial charge in [0.25, 0.3) is 0 Å². The molecule has 0 aliphatic rings. The molecule has 0 heterocycles. The molecule has 0 fully saturated rings. The van der Waals surface area contributed by atoms with E-state index in [0.717, 1.165) is 11.8 Å². The molecule has 0 aliphatic carbocycles. The fourth-order valence-electron chi connectivity index (χ4n) is 3.39. The zero-order chi connectivity index (χ0) is 24.4. The SMILES string of the molecule is Cc1cc(Oc2ccc(C(=O)c3ccc(C(C)(C)C)cc3)cc2)c(C=O)cc1OC(C)(C)C. The summed E-state index contributed by atoms with van der Waals surface area (Å²) in [6.45, 7) is 14.2. The second-order valence-electron chi connectivity index (χ2n) is 10.3. The van der Waals surface area contributed by atoms with Crippen molar-refractivity contribution in [2.24, 2.45) is 0 Å². The van der Waals surface area contributed by atoms with E-state index in [0.29, 0.717) is 33.9 Å². The molecule has 0 bridgehead atoms. The van der Waals surface area contributed by atoms with Crippen molar-refractivity contribution in [1.82, 2.24) is 0 Å². The van der Waals surface area contributed by atoms with Crippen molar-refractivity contribution in [1.29, 1.82) is 0 Å². The van der Waals surface area contributed by atoms with E-state index in [4.69, 9.17) is 9.47 Å². The van der Waals surface area contributed by atoms with Gasteiger partial charge in [-0.05, 0) is 80.6 Å². The molecule has 0 radical (unpaired) electrons. The van der Waals surface area contributed by atoms with Crippen molar-refractivity contribution in [3.8, 4) is 17.2 Å². The maximum absolute atomic E-state index is 12.9. The summed E-state index contributed by atoms with van der Waals surface area (Å²) in [5.41, 5.74) is 3.34. The Balaban J connectivity index is 1.79. The van der Waals surface area contributed by atoms with E-state index in [1.165, 1.54) is 5.56 Å². The number of carbonyl (C=O) groups excluding carboxylic acids is 2. The molecule has 0 spiro atoms. The first-order chi connectivity index (χ1) is 15.4. The van der Waals surface area contributed by atoms with Gasteiger partial charge < -0.3 is 9.47 Å². The predicted octanol–water partition coefficient (Wildman–Crippen LogP) is 7.31. The number of aldehydes is 1. The van der Waals surface area contributed by atoms with Crippen molar-refractivity contribution in [3.05, 3.63) is 88.5 Å². The Morgan fingerprint density at radius 3 is 1.82 bits per heavy atom. The van der Waals surface area contributed by atoms with E-state index in [-0.39, 0.29) is 16.8 Å². The molecule has 0 atom stereocenters. The molecule has 0 aliphatic heterocycles. The second kappa shape index (κ2) is 9.22. The van der Waals surface area contributed by atoms with Crippen LogP contribution in [0.3, 0.4) is 0 Å². The van der Waals surface area contributed by atoms with Gasteiger partial charge in [0.2, 0.25) is 0 Å². The van der Waals surface area contributed by atoms with Crippen LogP contribution in [-0.4, -0.2) is 17.7 Å². The number of carbonyl (C=O) groups is 2. The lowest BCUT2D eigenvalue weighted by molar-refractivity contribution is 0.103. The lowest BCUT2D eigenvalue weighted by atomic mass is 9.86. The molecule has 4 heteroatoms. The van der Waals surface area contributed by atoms with Gasteiger partial charge in [0.1, 0.15) is 22.8 Å². The Kier molecular flexibility index (Phi) is 6.78. The van der Waals surface area contributed by atoms with Crippen LogP contribution in [0.5, 0.6) is 17.2 Å². The molecular weight excluding hydrogens is 412 g/mol. The summed E-state index contributed by atoms with van der Waals surface area (Å²) in [5.74, 6) is 1.59. The number of ether oxygens (including phenoxy) is 2. The lowest BCUT2D eigenvalue weighted by Gasteiger charge is -2.23. The van der Waals surface area contributed by atoms with Crippen LogP contribution >= 0.6 is 0 Å². The van der Waals surface area contributed by atoms with Gasteiger partial charge in [-0.1, -0.05) is 45.0 Å². The first kappa shape index (κ1) is 24.2. The van der Waals surface area contributed by atoms with Crippen LogP contribution in [-0.2, 0) is 5.41 Å². The van der Waals surface area contributed by atoms with Gasteiger partial charge in [-0.25, -0.2) is 0 Å². The summed E-state index contributed by atoms with van der Waals surface area (Å²) in [4.78, 5) is 24.5. The molecule has 33 heavy (non-hydrogen) atoms. The summed E-state index contributed by atoms with van der Waals surface area (Å²) >= 11 is 0. The Morgan fingerprint density at radius 1 is 0.788 bits per heavy atom. The number of rotatable bonds is 6. The predicted molar refractivity (Wildman–Crippen MR) is 132 cm³/mol. The third-order valence-corrected chi connectivity index (χ3v) is 5.21. The Morgan fingerprint density at radius 2 is 1.33 bits per heavy atom. The van der Waals surface area contributed by atoms with Gasteiger partial charge in [-0.2, -0.15) is 0 Å². The molecule has 0 unspecified atom stereocenters. The summed E-state index contributed by atoms with van der Waals surface area (Å²) in [6, 6.07) is 18.2. The molecule has 3 aromatic rings. The number of aryl methyl sites for hydroxylation is 1. The quantitative estimate of drug-likeness (QED) is 0.295. The van der Waals surface area contributed by atoms with Crippen molar-refractivity contribution in [2.45, 2.75) is 59.5 Å². The third kappa shape index (κ3) is 6.10. The molecule has 0 aromatic heterocycles. The number of hydrogen-bond acceptors (Lipinski definition) is 4. The van der Waals surface area contributed by atoms with Crippen LogP contribution < -0.4 is 9.47 Å². The van der Waals surface area contributed by atoms with Crippen LogP contribution in [0.4, 0.5) is 0 Å². The molecule has 3 aromatic carbocycles. The van der Waals surface area contributed by atoms with E-state index in [9.17, 15) is 9.59 Å². The normalized spacial score (nSPS) is 11.7. The van der Waals surface area contributed by atoms with Gasteiger partial charge in [-0.3, -0.25) is 9.59 Å². The highest BCUT2D eigenvalue weighted by molar-refractivity contribution is 6.09. The van der Waals surface area contributed by atoms with E-state index in [1.807, 2.05) is 52.0 Å². The van der Waals surface area contributed by atoms with Crippen LogP contribution in [0, 0.1) is 6.92 Å². The van der Waals surface area contributed by atoms with Crippen molar-refractivity contribution >= 4 is 12.1 Å². The van der Waals surface area contributed by atoms with Crippen LogP contribution in [0.1, 0.15) is 78.9 Å².